The van der Waals surface area contributed by atoms with Gasteiger partial charge in [0.2, 0.25) is 0 Å². The molecule has 0 radical (unpaired) electrons. The lowest BCUT2D eigenvalue weighted by Crippen LogP contribution is -2.39. The van der Waals surface area contributed by atoms with Crippen LogP contribution in [0.2, 0.25) is 0 Å². The molecular formula is C21H21N5OS. The third-order valence-electron chi connectivity index (χ3n) is 5.47. The van der Waals surface area contributed by atoms with E-state index < -0.39 is 0 Å². The van der Waals surface area contributed by atoms with Gasteiger partial charge in [-0.15, -0.1) is 11.3 Å². The van der Waals surface area contributed by atoms with Crippen molar-refractivity contribution in [2.75, 3.05) is 13.1 Å². The average Bonchev–Trinajstić information content (AvgIpc) is 3.49. The minimum Gasteiger partial charge on any atom is -0.337 e. The molecule has 5 rings (SSSR count). The van der Waals surface area contributed by atoms with Gasteiger partial charge in [-0.1, -0.05) is 18.2 Å². The van der Waals surface area contributed by atoms with E-state index in [2.05, 4.69) is 31.9 Å². The first-order valence-corrected chi connectivity index (χ1v) is 10.4. The number of aromatic amines is 1. The van der Waals surface area contributed by atoms with Gasteiger partial charge in [-0.2, -0.15) is 5.10 Å². The maximum absolute atomic E-state index is 12.8. The number of benzene rings is 1. The highest BCUT2D eigenvalue weighted by atomic mass is 32.1. The third kappa shape index (κ3) is 3.22. The molecule has 142 valence electrons. The summed E-state index contributed by atoms with van der Waals surface area (Å²) in [4.78, 5) is 20.3. The zero-order valence-electron chi connectivity index (χ0n) is 15.4. The number of H-pyrrole nitrogens is 1. The van der Waals surface area contributed by atoms with Crippen molar-refractivity contribution in [3.8, 4) is 10.6 Å². The van der Waals surface area contributed by atoms with E-state index in [1.165, 1.54) is 5.52 Å². The molecule has 0 atom stereocenters. The van der Waals surface area contributed by atoms with Crippen LogP contribution in [0.4, 0.5) is 0 Å². The molecule has 0 bridgehead atoms. The van der Waals surface area contributed by atoms with Gasteiger partial charge in [0.05, 0.1) is 27.9 Å². The summed E-state index contributed by atoms with van der Waals surface area (Å²) in [7, 11) is 0. The molecule has 1 aromatic carbocycles. The van der Waals surface area contributed by atoms with Crippen molar-refractivity contribution in [1.29, 1.82) is 0 Å². The lowest BCUT2D eigenvalue weighted by atomic mass is 9.96. The Labute approximate surface area is 166 Å². The first-order chi connectivity index (χ1) is 13.8. The van der Waals surface area contributed by atoms with Crippen molar-refractivity contribution in [1.82, 2.24) is 24.6 Å². The number of thiophene rings is 1. The van der Waals surface area contributed by atoms with E-state index in [1.807, 2.05) is 46.9 Å². The first kappa shape index (κ1) is 17.2. The van der Waals surface area contributed by atoms with E-state index in [-0.39, 0.29) is 5.91 Å². The van der Waals surface area contributed by atoms with Crippen molar-refractivity contribution < 1.29 is 4.79 Å². The number of rotatable bonds is 4. The van der Waals surface area contributed by atoms with Crippen LogP contribution in [-0.2, 0) is 6.54 Å². The van der Waals surface area contributed by atoms with E-state index in [0.29, 0.717) is 11.6 Å². The van der Waals surface area contributed by atoms with Crippen LogP contribution in [0.5, 0.6) is 0 Å². The summed E-state index contributed by atoms with van der Waals surface area (Å²) in [5, 5.41) is 9.25. The number of hydrogen-bond acceptors (Lipinski definition) is 4. The Kier molecular flexibility index (Phi) is 4.44. The van der Waals surface area contributed by atoms with Crippen molar-refractivity contribution in [2.45, 2.75) is 19.4 Å². The zero-order chi connectivity index (χ0) is 18.9. The minimum absolute atomic E-state index is 0.0191. The average molecular weight is 392 g/mol. The summed E-state index contributed by atoms with van der Waals surface area (Å²) < 4.78 is 2.23. The first-order valence-electron chi connectivity index (χ1n) is 9.56. The molecule has 0 spiro atoms. The van der Waals surface area contributed by atoms with Gasteiger partial charge in [0.1, 0.15) is 0 Å². The number of para-hydroxylation sites is 2. The van der Waals surface area contributed by atoms with E-state index in [4.69, 9.17) is 0 Å². The monoisotopic (exact) mass is 391 g/mol. The summed E-state index contributed by atoms with van der Waals surface area (Å²) in [5.74, 6) is 0.577. The van der Waals surface area contributed by atoms with Crippen molar-refractivity contribution in [3.63, 3.8) is 0 Å². The molecule has 6 nitrogen and oxygen atoms in total. The Bertz CT molecular complexity index is 1090. The van der Waals surface area contributed by atoms with Gasteiger partial charge < -0.3 is 9.47 Å². The van der Waals surface area contributed by atoms with Crippen LogP contribution in [0.3, 0.4) is 0 Å². The van der Waals surface area contributed by atoms with E-state index in [0.717, 1.165) is 48.6 Å². The third-order valence-corrected chi connectivity index (χ3v) is 6.37. The van der Waals surface area contributed by atoms with Gasteiger partial charge in [-0.25, -0.2) is 4.98 Å². The molecule has 1 fully saturated rings. The standard InChI is InChI=1S/C21H21N5OS/c27-21(18-12-17(23-24-18)20-6-3-11-28-20)25-9-7-15(8-10-25)13-26-14-22-16-4-1-2-5-19(16)26/h1-6,11-12,14-15H,7-10,13H2,(H,23,24). The molecule has 1 N–H and O–H groups in total. The predicted molar refractivity (Wildman–Crippen MR) is 110 cm³/mol. The predicted octanol–water partition coefficient (Wildman–Crippen LogP) is 4.04. The number of amides is 1. The normalized spacial score (nSPS) is 15.4. The fourth-order valence-corrected chi connectivity index (χ4v) is 4.60. The van der Waals surface area contributed by atoms with Gasteiger partial charge in [-0.3, -0.25) is 9.89 Å². The largest absolute Gasteiger partial charge is 0.337 e. The van der Waals surface area contributed by atoms with Crippen molar-refractivity contribution >= 4 is 28.3 Å². The van der Waals surface area contributed by atoms with Crippen molar-refractivity contribution in [2.24, 2.45) is 5.92 Å². The van der Waals surface area contributed by atoms with Crippen LogP contribution >= 0.6 is 11.3 Å². The van der Waals surface area contributed by atoms with Gasteiger partial charge >= 0.3 is 0 Å². The van der Waals surface area contributed by atoms with Crippen LogP contribution in [-0.4, -0.2) is 43.6 Å². The molecular weight excluding hydrogens is 370 g/mol. The Hall–Kier alpha value is -2.93. The number of carbonyl (C=O) groups is 1. The highest BCUT2D eigenvalue weighted by Crippen LogP contribution is 2.25. The summed E-state index contributed by atoms with van der Waals surface area (Å²) in [6.45, 7) is 2.50. The number of imidazole rings is 1. The number of hydrogen-bond donors (Lipinski definition) is 1. The lowest BCUT2D eigenvalue weighted by Gasteiger charge is -2.31. The van der Waals surface area contributed by atoms with Crippen LogP contribution in [0, 0.1) is 5.92 Å². The maximum atomic E-state index is 12.8. The number of piperidine rings is 1. The van der Waals surface area contributed by atoms with E-state index >= 15 is 0 Å². The second kappa shape index (κ2) is 7.24. The Morgan fingerprint density at radius 3 is 2.86 bits per heavy atom. The number of likely N-dealkylation sites (tertiary alicyclic amines) is 1. The molecule has 4 aromatic rings. The number of nitrogens with one attached hydrogen (secondary N) is 1. The highest BCUT2D eigenvalue weighted by Gasteiger charge is 2.25. The van der Waals surface area contributed by atoms with Gasteiger partial charge in [-0.05, 0) is 48.4 Å². The van der Waals surface area contributed by atoms with Crippen LogP contribution < -0.4 is 0 Å². The van der Waals surface area contributed by atoms with Gasteiger partial charge in [0.15, 0.2) is 5.69 Å². The molecule has 0 aliphatic carbocycles. The molecule has 7 heteroatoms. The summed E-state index contributed by atoms with van der Waals surface area (Å²) >= 11 is 1.64. The molecule has 0 unspecified atom stereocenters. The SMILES string of the molecule is O=C(c1cc(-c2cccs2)[nH]n1)N1CCC(Cn2cnc3ccccc32)CC1. The van der Waals surface area contributed by atoms with Gasteiger partial charge in [0.25, 0.3) is 5.91 Å². The highest BCUT2D eigenvalue weighted by molar-refractivity contribution is 7.13. The Morgan fingerprint density at radius 1 is 1.18 bits per heavy atom. The summed E-state index contributed by atoms with van der Waals surface area (Å²) in [5.41, 5.74) is 3.62. The molecule has 4 heterocycles. The smallest absolute Gasteiger partial charge is 0.274 e. The number of carbonyl (C=O) groups excluding carboxylic acids is 1. The molecule has 1 amide bonds. The molecule has 1 aliphatic heterocycles. The molecule has 28 heavy (non-hydrogen) atoms. The second-order valence-electron chi connectivity index (χ2n) is 7.27. The maximum Gasteiger partial charge on any atom is 0.274 e. The van der Waals surface area contributed by atoms with E-state index in [1.54, 1.807) is 11.3 Å². The molecule has 1 saturated heterocycles. The molecule has 0 saturated carbocycles. The van der Waals surface area contributed by atoms with Crippen LogP contribution in [0.1, 0.15) is 23.3 Å². The fraction of sp³-hybridized carbons (Fsp3) is 0.286. The summed E-state index contributed by atoms with van der Waals surface area (Å²) in [6, 6.07) is 14.1. The number of fused-ring (bicyclic) bond motifs is 1. The molecule has 1 aliphatic rings. The Balaban J connectivity index is 1.21. The Morgan fingerprint density at radius 2 is 2.04 bits per heavy atom. The summed E-state index contributed by atoms with van der Waals surface area (Å²) in [6.07, 6.45) is 3.93. The quantitative estimate of drug-likeness (QED) is 0.571. The lowest BCUT2D eigenvalue weighted by molar-refractivity contribution is 0.0677. The zero-order valence-corrected chi connectivity index (χ0v) is 16.2. The molecule has 3 aromatic heterocycles. The van der Waals surface area contributed by atoms with E-state index in [9.17, 15) is 4.79 Å². The van der Waals surface area contributed by atoms with Crippen LogP contribution in [0.25, 0.3) is 21.6 Å². The topological polar surface area (TPSA) is 66.8 Å². The van der Waals surface area contributed by atoms with Crippen LogP contribution in [0.15, 0.2) is 54.2 Å². The minimum atomic E-state index is 0.0191. The fourth-order valence-electron chi connectivity index (χ4n) is 3.90. The second-order valence-corrected chi connectivity index (χ2v) is 8.21. The number of aromatic nitrogens is 4. The van der Waals surface area contributed by atoms with Gasteiger partial charge in [0, 0.05) is 19.6 Å². The van der Waals surface area contributed by atoms with Crippen molar-refractivity contribution in [3.05, 3.63) is 59.9 Å². The number of nitrogens with zero attached hydrogens (tertiary/aromatic N) is 4.